The quantitative estimate of drug-likeness (QED) is 0.287. The first-order valence-electron chi connectivity index (χ1n) is 12.0. The molecule has 38 heavy (non-hydrogen) atoms. The van der Waals surface area contributed by atoms with Crippen LogP contribution in [-0.4, -0.2) is 54.3 Å². The molecular weight excluding hydrogens is 561 g/mol. The van der Waals surface area contributed by atoms with E-state index >= 15 is 0 Å². The summed E-state index contributed by atoms with van der Waals surface area (Å²) >= 11 is 6.46. The molecule has 1 saturated heterocycles. The first-order valence-corrected chi connectivity index (χ1v) is 12.3. The molecule has 0 saturated carbocycles. The Morgan fingerprint density at radius 3 is 2.47 bits per heavy atom. The highest BCUT2D eigenvalue weighted by Crippen LogP contribution is 2.38. The van der Waals surface area contributed by atoms with Gasteiger partial charge in [0.05, 0.1) is 23.1 Å². The Morgan fingerprint density at radius 1 is 1.16 bits per heavy atom. The maximum absolute atomic E-state index is 13.7. The van der Waals surface area contributed by atoms with E-state index in [0.717, 1.165) is 28.6 Å². The molecule has 0 bridgehead atoms. The van der Waals surface area contributed by atoms with Crippen molar-refractivity contribution in [3.05, 3.63) is 64.8 Å². The molecule has 4 rings (SSSR count). The number of pyridine rings is 1. The Labute approximate surface area is 238 Å². The molecule has 1 aliphatic rings. The fourth-order valence-corrected chi connectivity index (χ4v) is 5.10. The average Bonchev–Trinajstić information content (AvgIpc) is 2.87. The molecule has 3 aromatic rings. The van der Waals surface area contributed by atoms with Crippen molar-refractivity contribution in [2.24, 2.45) is 5.41 Å². The Bertz CT molecular complexity index is 1220. The molecule has 6 nitrogen and oxygen atoms in total. The molecule has 0 unspecified atom stereocenters. The topological polar surface area (TPSA) is 71.9 Å². The minimum atomic E-state index is -0.817. The van der Waals surface area contributed by atoms with Crippen molar-refractivity contribution in [3.8, 4) is 11.5 Å². The van der Waals surface area contributed by atoms with E-state index in [0.29, 0.717) is 62.5 Å². The molecule has 1 aliphatic heterocycles. The summed E-state index contributed by atoms with van der Waals surface area (Å²) in [6.07, 6.45) is 4.44. The monoisotopic (exact) mass is 590 g/mol. The Kier molecular flexibility index (Phi) is 11.8. The highest BCUT2D eigenvalue weighted by Gasteiger charge is 2.40. The summed E-state index contributed by atoms with van der Waals surface area (Å²) in [4.78, 5) is 18.7. The number of ether oxygens (including phenoxy) is 2. The Morgan fingerprint density at radius 2 is 1.84 bits per heavy atom. The number of aryl methyl sites for hydroxylation is 1. The van der Waals surface area contributed by atoms with Gasteiger partial charge >= 0.3 is 5.97 Å². The number of aromatic nitrogens is 1. The second-order valence-electron chi connectivity index (χ2n) is 9.15. The number of carbonyl (C=O) groups is 1. The van der Waals surface area contributed by atoms with Crippen molar-refractivity contribution >= 4 is 53.3 Å². The maximum atomic E-state index is 13.7. The van der Waals surface area contributed by atoms with Crippen molar-refractivity contribution in [1.82, 2.24) is 9.88 Å². The number of piperidine rings is 1. The standard InChI is InChI=1S/C27H29ClF2N2O4.2ClH/c1-35-18-7-8-24-20(16-18)19(21(28)17-31-24)4-3-9-27(26(33)34)10-12-32(13-11-27)14-15-36-25-22(29)5-2-6-23(25)30;;/h2,5-8,16-17H,3-4,9-15H2,1H3,(H,33,34);2*1H. The molecule has 208 valence electrons. The van der Waals surface area contributed by atoms with Gasteiger partial charge in [-0.25, -0.2) is 8.78 Å². The zero-order valence-electron chi connectivity index (χ0n) is 20.9. The summed E-state index contributed by atoms with van der Waals surface area (Å²) in [5, 5.41) is 11.5. The van der Waals surface area contributed by atoms with E-state index in [1.54, 1.807) is 13.3 Å². The number of halogens is 5. The van der Waals surface area contributed by atoms with Gasteiger partial charge in [-0.1, -0.05) is 17.7 Å². The largest absolute Gasteiger partial charge is 0.497 e. The van der Waals surface area contributed by atoms with Gasteiger partial charge in [0.25, 0.3) is 0 Å². The van der Waals surface area contributed by atoms with Crippen LogP contribution in [0.2, 0.25) is 5.02 Å². The van der Waals surface area contributed by atoms with Gasteiger partial charge in [0.15, 0.2) is 17.4 Å². The summed E-state index contributed by atoms with van der Waals surface area (Å²) < 4.78 is 38.1. The van der Waals surface area contributed by atoms with Crippen LogP contribution in [0.1, 0.15) is 31.2 Å². The van der Waals surface area contributed by atoms with E-state index in [2.05, 4.69) is 9.88 Å². The van der Waals surface area contributed by atoms with Gasteiger partial charge in [-0.05, 0) is 81.1 Å². The van der Waals surface area contributed by atoms with Crippen LogP contribution < -0.4 is 9.47 Å². The molecule has 0 amide bonds. The fourth-order valence-electron chi connectivity index (χ4n) is 4.86. The number of hydrogen-bond donors (Lipinski definition) is 1. The van der Waals surface area contributed by atoms with E-state index in [4.69, 9.17) is 21.1 Å². The number of carboxylic acid groups (broad SMARTS) is 1. The third kappa shape index (κ3) is 7.17. The highest BCUT2D eigenvalue weighted by atomic mass is 35.5. The van der Waals surface area contributed by atoms with Crippen LogP contribution in [0.5, 0.6) is 11.5 Å². The van der Waals surface area contributed by atoms with Gasteiger partial charge in [-0.3, -0.25) is 14.7 Å². The van der Waals surface area contributed by atoms with Gasteiger partial charge in [0.1, 0.15) is 12.4 Å². The third-order valence-electron chi connectivity index (χ3n) is 7.06. The minimum absolute atomic E-state index is 0. The highest BCUT2D eigenvalue weighted by molar-refractivity contribution is 6.32. The van der Waals surface area contributed by atoms with Gasteiger partial charge in [0.2, 0.25) is 0 Å². The SMILES string of the molecule is COc1ccc2ncc(Cl)c(CCCC3(C(=O)O)CCN(CCOc4c(F)cccc4F)CC3)c2c1.Cl.Cl. The van der Waals surface area contributed by atoms with E-state index in [-0.39, 0.29) is 37.2 Å². The summed E-state index contributed by atoms with van der Waals surface area (Å²) in [5.41, 5.74) is 0.937. The second kappa shape index (κ2) is 14.1. The number of hydrogen-bond acceptors (Lipinski definition) is 5. The molecule has 0 atom stereocenters. The van der Waals surface area contributed by atoms with E-state index in [1.165, 1.54) is 6.07 Å². The van der Waals surface area contributed by atoms with Gasteiger partial charge in [-0.15, -0.1) is 24.8 Å². The predicted molar refractivity (Wildman–Crippen MR) is 148 cm³/mol. The Hall–Kier alpha value is -2.39. The number of nitrogens with zero attached hydrogens (tertiary/aromatic N) is 2. The van der Waals surface area contributed by atoms with Crippen molar-refractivity contribution in [2.75, 3.05) is 33.4 Å². The smallest absolute Gasteiger partial charge is 0.309 e. The number of fused-ring (bicyclic) bond motifs is 1. The van der Waals surface area contributed by atoms with E-state index < -0.39 is 23.0 Å². The fraction of sp³-hybridized carbons (Fsp3) is 0.407. The molecule has 0 radical (unpaired) electrons. The summed E-state index contributed by atoms with van der Waals surface area (Å²) in [6, 6.07) is 9.22. The molecule has 2 aromatic carbocycles. The zero-order chi connectivity index (χ0) is 25.7. The van der Waals surface area contributed by atoms with Gasteiger partial charge in [-0.2, -0.15) is 0 Å². The van der Waals surface area contributed by atoms with Crippen LogP contribution >= 0.6 is 36.4 Å². The lowest BCUT2D eigenvalue weighted by molar-refractivity contribution is -0.152. The number of benzene rings is 2. The number of para-hydroxylation sites is 1. The van der Waals surface area contributed by atoms with Crippen LogP contribution in [0.4, 0.5) is 8.78 Å². The normalized spacial score (nSPS) is 14.8. The first-order chi connectivity index (χ1) is 17.3. The van der Waals surface area contributed by atoms with Gasteiger partial charge < -0.3 is 14.6 Å². The van der Waals surface area contributed by atoms with Crippen molar-refractivity contribution in [2.45, 2.75) is 32.1 Å². The lowest BCUT2D eigenvalue weighted by Gasteiger charge is -2.39. The second-order valence-corrected chi connectivity index (χ2v) is 9.55. The number of rotatable bonds is 10. The molecular formula is C27H31Cl3F2N2O4. The van der Waals surface area contributed by atoms with Crippen LogP contribution in [0, 0.1) is 17.0 Å². The van der Waals surface area contributed by atoms with Crippen LogP contribution in [-0.2, 0) is 11.2 Å². The number of aliphatic carboxylic acids is 1. The molecule has 1 N–H and O–H groups in total. The average molecular weight is 592 g/mol. The molecule has 1 aromatic heterocycles. The molecule has 0 spiro atoms. The minimum Gasteiger partial charge on any atom is -0.497 e. The summed E-state index contributed by atoms with van der Waals surface area (Å²) in [7, 11) is 1.60. The van der Waals surface area contributed by atoms with Crippen molar-refractivity contribution in [1.29, 1.82) is 0 Å². The van der Waals surface area contributed by atoms with Crippen LogP contribution in [0.15, 0.2) is 42.6 Å². The number of carboxylic acids is 1. The molecule has 1 fully saturated rings. The van der Waals surface area contributed by atoms with Crippen molar-refractivity contribution < 1.29 is 28.2 Å². The molecule has 11 heteroatoms. The number of methoxy groups -OCH3 is 1. The molecule has 0 aliphatic carbocycles. The van der Waals surface area contributed by atoms with Crippen LogP contribution in [0.3, 0.4) is 0 Å². The first kappa shape index (κ1) is 31.8. The van der Waals surface area contributed by atoms with E-state index in [1.807, 2.05) is 18.2 Å². The maximum Gasteiger partial charge on any atom is 0.309 e. The Balaban J connectivity index is 0.00000253. The predicted octanol–water partition coefficient (Wildman–Crippen LogP) is 6.59. The lowest BCUT2D eigenvalue weighted by atomic mass is 9.74. The summed E-state index contributed by atoms with van der Waals surface area (Å²) in [5.74, 6) is -1.93. The zero-order valence-corrected chi connectivity index (χ0v) is 23.3. The number of likely N-dealkylation sites (tertiary alicyclic amines) is 1. The summed E-state index contributed by atoms with van der Waals surface area (Å²) in [6.45, 7) is 1.73. The van der Waals surface area contributed by atoms with Gasteiger partial charge in [0, 0.05) is 18.1 Å². The third-order valence-corrected chi connectivity index (χ3v) is 7.38. The lowest BCUT2D eigenvalue weighted by Crippen LogP contribution is -2.45. The van der Waals surface area contributed by atoms with Crippen LogP contribution in [0.25, 0.3) is 10.9 Å². The van der Waals surface area contributed by atoms with Crippen molar-refractivity contribution in [3.63, 3.8) is 0 Å². The molecule has 2 heterocycles. The van der Waals surface area contributed by atoms with E-state index in [9.17, 15) is 18.7 Å².